The quantitative estimate of drug-likeness (QED) is 0.906. The first-order chi connectivity index (χ1) is 9.65. The second-order valence-corrected chi connectivity index (χ2v) is 6.44. The number of likely N-dealkylation sites (N-methyl/N-ethyl adjacent to an activating group) is 1. The number of rotatable bonds is 3. The van der Waals surface area contributed by atoms with Gasteiger partial charge in [0.15, 0.2) is 0 Å². The first-order valence-electron chi connectivity index (χ1n) is 7.05. The van der Waals surface area contributed by atoms with Crippen LogP contribution in [0.15, 0.2) is 28.7 Å². The zero-order chi connectivity index (χ0) is 14.3. The fourth-order valence-electron chi connectivity index (χ4n) is 3.49. The van der Waals surface area contributed by atoms with Crippen LogP contribution in [-0.2, 0) is 4.79 Å². The van der Waals surface area contributed by atoms with Crippen molar-refractivity contribution in [3.8, 4) is 0 Å². The summed E-state index contributed by atoms with van der Waals surface area (Å²) in [6.07, 6.45) is 0. The Balaban J connectivity index is 1.86. The molecule has 0 aromatic heterocycles. The van der Waals surface area contributed by atoms with Crippen LogP contribution >= 0.6 is 15.9 Å². The first kappa shape index (κ1) is 14.0. The largest absolute Gasteiger partial charge is 0.394 e. The van der Waals surface area contributed by atoms with Crippen molar-refractivity contribution in [1.82, 2.24) is 9.80 Å². The van der Waals surface area contributed by atoms with Crippen LogP contribution < -0.4 is 0 Å². The van der Waals surface area contributed by atoms with E-state index >= 15 is 0 Å². The van der Waals surface area contributed by atoms with Crippen LogP contribution in [0, 0.1) is 0 Å². The van der Waals surface area contributed by atoms with E-state index in [9.17, 15) is 9.90 Å². The van der Waals surface area contributed by atoms with Gasteiger partial charge in [-0.3, -0.25) is 9.69 Å². The lowest BCUT2D eigenvalue weighted by Gasteiger charge is -2.58. The molecule has 0 bridgehead atoms. The van der Waals surface area contributed by atoms with Gasteiger partial charge in [-0.05, 0) is 24.2 Å². The molecule has 1 aromatic rings. The zero-order valence-electron chi connectivity index (χ0n) is 11.5. The maximum atomic E-state index is 12.2. The number of hydrogen-bond donors (Lipinski definition) is 1. The number of nitrogens with zero attached hydrogens (tertiary/aromatic N) is 2. The van der Waals surface area contributed by atoms with Gasteiger partial charge >= 0.3 is 0 Å². The van der Waals surface area contributed by atoms with E-state index < -0.39 is 0 Å². The minimum atomic E-state index is -0.0623. The maximum Gasteiger partial charge on any atom is 0.237 e. The Morgan fingerprint density at radius 3 is 2.65 bits per heavy atom. The average molecular weight is 339 g/mol. The van der Waals surface area contributed by atoms with Gasteiger partial charge in [0.05, 0.1) is 25.2 Å². The molecule has 0 aliphatic carbocycles. The normalized spacial score (nSPS) is 30.1. The van der Waals surface area contributed by atoms with E-state index in [0.717, 1.165) is 17.6 Å². The number of benzene rings is 1. The van der Waals surface area contributed by atoms with Crippen molar-refractivity contribution in [1.29, 1.82) is 0 Å². The molecule has 1 aromatic carbocycles. The van der Waals surface area contributed by atoms with E-state index in [2.05, 4.69) is 39.9 Å². The third-order valence-corrected chi connectivity index (χ3v) is 5.05. The first-order valence-corrected chi connectivity index (χ1v) is 7.84. The minimum absolute atomic E-state index is 0.0368. The lowest BCUT2D eigenvalue weighted by Crippen LogP contribution is -2.72. The summed E-state index contributed by atoms with van der Waals surface area (Å²) in [5.41, 5.74) is 1.21. The summed E-state index contributed by atoms with van der Waals surface area (Å²) in [5, 5.41) is 9.64. The maximum absolute atomic E-state index is 12.2. The fourth-order valence-corrected chi connectivity index (χ4v) is 3.76. The predicted molar refractivity (Wildman–Crippen MR) is 80.5 cm³/mol. The number of carbonyl (C=O) groups excluding carboxylic acids is 1. The van der Waals surface area contributed by atoms with Crippen LogP contribution in [0.5, 0.6) is 0 Å². The monoisotopic (exact) mass is 338 g/mol. The van der Waals surface area contributed by atoms with Gasteiger partial charge in [-0.2, -0.15) is 0 Å². The van der Waals surface area contributed by atoms with E-state index in [1.165, 1.54) is 5.56 Å². The van der Waals surface area contributed by atoms with Crippen molar-refractivity contribution in [2.45, 2.75) is 24.9 Å². The van der Waals surface area contributed by atoms with E-state index in [4.69, 9.17) is 0 Å². The molecule has 2 aliphatic heterocycles. The highest BCUT2D eigenvalue weighted by molar-refractivity contribution is 9.10. The summed E-state index contributed by atoms with van der Waals surface area (Å²) < 4.78 is 1.05. The van der Waals surface area contributed by atoms with Gasteiger partial charge in [0, 0.05) is 16.9 Å². The Kier molecular flexibility index (Phi) is 3.84. The lowest BCUT2D eigenvalue weighted by atomic mass is 9.74. The molecule has 20 heavy (non-hydrogen) atoms. The molecule has 5 heteroatoms. The Hall–Kier alpha value is -0.910. The molecule has 4 nitrogen and oxygen atoms in total. The van der Waals surface area contributed by atoms with Crippen LogP contribution in [0.2, 0.25) is 0 Å². The second-order valence-electron chi connectivity index (χ2n) is 5.52. The van der Waals surface area contributed by atoms with Crippen molar-refractivity contribution < 1.29 is 9.90 Å². The summed E-state index contributed by atoms with van der Waals surface area (Å²) in [4.78, 5) is 16.3. The summed E-state index contributed by atoms with van der Waals surface area (Å²) in [5.74, 6) is 0.391. The molecule has 2 fully saturated rings. The van der Waals surface area contributed by atoms with Crippen LogP contribution in [-0.4, -0.2) is 59.1 Å². The molecule has 0 spiro atoms. The summed E-state index contributed by atoms with van der Waals surface area (Å²) >= 11 is 3.44. The molecule has 2 aliphatic rings. The number of carbonyl (C=O) groups is 1. The molecular formula is C15H19BrN2O2. The van der Waals surface area contributed by atoms with Crippen LogP contribution in [0.4, 0.5) is 0 Å². The van der Waals surface area contributed by atoms with E-state index in [-0.39, 0.29) is 30.5 Å². The second kappa shape index (κ2) is 5.47. The topological polar surface area (TPSA) is 43.8 Å². The summed E-state index contributed by atoms with van der Waals surface area (Å²) in [6.45, 7) is 4.40. The van der Waals surface area contributed by atoms with E-state index in [1.807, 2.05) is 17.0 Å². The molecule has 0 unspecified atom stereocenters. The molecular weight excluding hydrogens is 320 g/mol. The number of amides is 1. The summed E-state index contributed by atoms with van der Waals surface area (Å²) in [6, 6.07) is 8.36. The number of hydrogen-bond acceptors (Lipinski definition) is 3. The molecule has 108 valence electrons. The van der Waals surface area contributed by atoms with E-state index in [0.29, 0.717) is 6.54 Å². The molecule has 1 amide bonds. The molecule has 2 heterocycles. The van der Waals surface area contributed by atoms with Gasteiger partial charge in [0.25, 0.3) is 0 Å². The lowest BCUT2D eigenvalue weighted by molar-refractivity contribution is -0.161. The highest BCUT2D eigenvalue weighted by atomic mass is 79.9. The van der Waals surface area contributed by atoms with Gasteiger partial charge in [0.1, 0.15) is 0 Å². The van der Waals surface area contributed by atoms with Crippen LogP contribution in [0.3, 0.4) is 0 Å². The van der Waals surface area contributed by atoms with Gasteiger partial charge in [-0.25, -0.2) is 0 Å². The Bertz CT molecular complexity index is 505. The van der Waals surface area contributed by atoms with Crippen molar-refractivity contribution in [2.75, 3.05) is 26.2 Å². The zero-order valence-corrected chi connectivity index (χ0v) is 13.1. The third-order valence-electron chi connectivity index (χ3n) is 4.52. The molecule has 1 N–H and O–H groups in total. The predicted octanol–water partition coefficient (Wildman–Crippen LogP) is 1.44. The van der Waals surface area contributed by atoms with Gasteiger partial charge in [-0.15, -0.1) is 0 Å². The standard InChI is InChI=1S/C15H19BrN2O2/c1-2-17-7-12-15(10-3-5-11(16)6-4-10)13(9-19)18(12)14(20)8-17/h3-6,12-13,15,19H,2,7-9H2,1H3/t12-,13+,15+/m1/s1. The van der Waals surface area contributed by atoms with Crippen molar-refractivity contribution in [3.63, 3.8) is 0 Å². The average Bonchev–Trinajstić information content (AvgIpc) is 2.43. The van der Waals surface area contributed by atoms with Crippen molar-refractivity contribution in [2.24, 2.45) is 0 Å². The number of halogens is 1. The molecule has 3 rings (SSSR count). The van der Waals surface area contributed by atoms with Gasteiger partial charge in [-0.1, -0.05) is 35.0 Å². The highest BCUT2D eigenvalue weighted by Crippen LogP contribution is 2.42. The number of fused-ring (bicyclic) bond motifs is 1. The van der Waals surface area contributed by atoms with E-state index in [1.54, 1.807) is 0 Å². The third kappa shape index (κ3) is 2.18. The Morgan fingerprint density at radius 2 is 2.05 bits per heavy atom. The Morgan fingerprint density at radius 1 is 1.35 bits per heavy atom. The van der Waals surface area contributed by atoms with Crippen molar-refractivity contribution >= 4 is 21.8 Å². The SMILES string of the molecule is CCN1CC(=O)N2[C@H](C1)[C@H](c1ccc(Br)cc1)[C@@H]2CO. The number of aliphatic hydroxyl groups excluding tert-OH is 1. The fraction of sp³-hybridized carbons (Fsp3) is 0.533. The molecule has 3 atom stereocenters. The Labute approximate surface area is 127 Å². The minimum Gasteiger partial charge on any atom is -0.394 e. The number of aliphatic hydroxyl groups is 1. The van der Waals surface area contributed by atoms with Crippen LogP contribution in [0.25, 0.3) is 0 Å². The number of piperazine rings is 1. The molecule has 2 saturated heterocycles. The van der Waals surface area contributed by atoms with Gasteiger partial charge < -0.3 is 10.0 Å². The highest BCUT2D eigenvalue weighted by Gasteiger charge is 2.53. The molecule has 0 saturated carbocycles. The summed E-state index contributed by atoms with van der Waals surface area (Å²) in [7, 11) is 0. The van der Waals surface area contributed by atoms with Gasteiger partial charge in [0.2, 0.25) is 5.91 Å². The smallest absolute Gasteiger partial charge is 0.237 e. The molecule has 0 radical (unpaired) electrons. The van der Waals surface area contributed by atoms with Crippen molar-refractivity contribution in [3.05, 3.63) is 34.3 Å². The van der Waals surface area contributed by atoms with Crippen LogP contribution in [0.1, 0.15) is 18.4 Å².